The van der Waals surface area contributed by atoms with Crippen LogP contribution in [0.1, 0.15) is 23.2 Å². The van der Waals surface area contributed by atoms with Crippen LogP contribution in [-0.2, 0) is 0 Å². The number of halogens is 2. The lowest BCUT2D eigenvalue weighted by Crippen LogP contribution is -2.34. The van der Waals surface area contributed by atoms with E-state index in [0.717, 1.165) is 34.1 Å². The first-order valence-electron chi connectivity index (χ1n) is 4.83. The lowest BCUT2D eigenvalue weighted by Gasteiger charge is -2.20. The van der Waals surface area contributed by atoms with Crippen molar-refractivity contribution in [2.24, 2.45) is 0 Å². The largest absolute Gasteiger partial charge is 0.335 e. The van der Waals surface area contributed by atoms with Gasteiger partial charge in [-0.05, 0) is 34.8 Å². The minimum absolute atomic E-state index is 0.166. The molecule has 1 aromatic rings. The average Bonchev–Trinajstić information content (AvgIpc) is 2.96. The Balaban J connectivity index is 2.10. The van der Waals surface area contributed by atoms with Gasteiger partial charge in [-0.1, -0.05) is 15.9 Å². The molecule has 0 saturated heterocycles. The molecule has 1 aromatic heterocycles. The summed E-state index contributed by atoms with van der Waals surface area (Å²) in [6.07, 6.45) is 2.31. The van der Waals surface area contributed by atoms with E-state index < -0.39 is 0 Å². The van der Waals surface area contributed by atoms with Crippen LogP contribution in [0.5, 0.6) is 0 Å². The Kier molecular flexibility index (Phi) is 3.85. The van der Waals surface area contributed by atoms with E-state index in [4.69, 9.17) is 0 Å². The highest BCUT2D eigenvalue weighted by Gasteiger charge is 2.32. The van der Waals surface area contributed by atoms with Gasteiger partial charge < -0.3 is 4.90 Å². The molecule has 1 aliphatic carbocycles. The van der Waals surface area contributed by atoms with Gasteiger partial charge in [0.1, 0.15) is 0 Å². The quantitative estimate of drug-likeness (QED) is 0.759. The van der Waals surface area contributed by atoms with Gasteiger partial charge in [0.2, 0.25) is 0 Å². The van der Waals surface area contributed by atoms with E-state index in [1.54, 1.807) is 11.3 Å². The molecule has 1 fully saturated rings. The molecule has 0 aliphatic heterocycles. The van der Waals surface area contributed by atoms with Crippen molar-refractivity contribution in [3.8, 4) is 0 Å². The van der Waals surface area contributed by atoms with Crippen LogP contribution >= 0.6 is 43.2 Å². The maximum Gasteiger partial charge on any atom is 0.255 e. The molecule has 1 heterocycles. The van der Waals surface area contributed by atoms with Crippen molar-refractivity contribution in [3.63, 3.8) is 0 Å². The number of rotatable bonds is 4. The molecule has 5 heteroatoms. The topological polar surface area (TPSA) is 20.3 Å². The number of carbonyl (C=O) groups is 1. The molecule has 0 atom stereocenters. The summed E-state index contributed by atoms with van der Waals surface area (Å²) in [6.45, 7) is 0.803. The van der Waals surface area contributed by atoms with Gasteiger partial charge in [-0.25, -0.2) is 0 Å². The van der Waals surface area contributed by atoms with E-state index in [2.05, 4.69) is 31.9 Å². The number of hydrogen-bond acceptors (Lipinski definition) is 2. The Morgan fingerprint density at radius 1 is 1.60 bits per heavy atom. The van der Waals surface area contributed by atoms with Gasteiger partial charge in [-0.2, -0.15) is 0 Å². The molecule has 15 heavy (non-hydrogen) atoms. The Morgan fingerprint density at radius 2 is 2.33 bits per heavy atom. The van der Waals surface area contributed by atoms with Crippen molar-refractivity contribution in [1.29, 1.82) is 0 Å². The maximum atomic E-state index is 12.1. The molecule has 0 spiro atoms. The van der Waals surface area contributed by atoms with Crippen molar-refractivity contribution in [2.45, 2.75) is 18.9 Å². The smallest absolute Gasteiger partial charge is 0.255 e. The first-order valence-corrected chi connectivity index (χ1v) is 7.62. The second-order valence-corrected chi connectivity index (χ2v) is 6.64. The zero-order chi connectivity index (χ0) is 10.8. The van der Waals surface area contributed by atoms with Gasteiger partial charge in [0, 0.05) is 23.3 Å². The number of alkyl halides is 1. The van der Waals surface area contributed by atoms with Crippen molar-refractivity contribution in [2.75, 3.05) is 11.9 Å². The van der Waals surface area contributed by atoms with Crippen molar-refractivity contribution >= 4 is 49.1 Å². The summed E-state index contributed by atoms with van der Waals surface area (Å²) in [5.74, 6) is 0.166. The molecule has 2 nitrogen and oxygen atoms in total. The predicted molar refractivity (Wildman–Crippen MR) is 69.9 cm³/mol. The van der Waals surface area contributed by atoms with Crippen LogP contribution in [0.15, 0.2) is 15.2 Å². The van der Waals surface area contributed by atoms with Gasteiger partial charge in [-0.15, -0.1) is 11.3 Å². The number of carbonyl (C=O) groups excluding carboxylic acids is 1. The number of thiophene rings is 1. The van der Waals surface area contributed by atoms with E-state index in [1.165, 1.54) is 0 Å². The van der Waals surface area contributed by atoms with E-state index in [9.17, 15) is 4.79 Å². The fourth-order valence-electron chi connectivity index (χ4n) is 1.52. The first-order chi connectivity index (χ1) is 7.22. The predicted octanol–water partition coefficient (Wildman–Crippen LogP) is 3.51. The fraction of sp³-hybridized carbons (Fsp3) is 0.500. The molecule has 2 rings (SSSR count). The molecule has 0 aromatic carbocycles. The van der Waals surface area contributed by atoms with Crippen LogP contribution < -0.4 is 0 Å². The zero-order valence-corrected chi connectivity index (χ0v) is 12.1. The molecule has 1 amide bonds. The van der Waals surface area contributed by atoms with Gasteiger partial charge in [0.05, 0.1) is 9.35 Å². The van der Waals surface area contributed by atoms with Crippen molar-refractivity contribution in [3.05, 3.63) is 20.8 Å². The molecule has 0 unspecified atom stereocenters. The standard InChI is InChI=1S/C10H11Br2NOS/c11-3-4-13(8-1-2-8)10(14)7-5-9(12)15-6-7/h5-6,8H,1-4H2. The third kappa shape index (κ3) is 2.82. The molecule has 0 radical (unpaired) electrons. The van der Waals surface area contributed by atoms with E-state index in [0.29, 0.717) is 6.04 Å². The minimum Gasteiger partial charge on any atom is -0.335 e. The Labute approximate surface area is 110 Å². The third-order valence-corrected chi connectivity index (χ3v) is 4.25. The molecule has 82 valence electrons. The lowest BCUT2D eigenvalue weighted by molar-refractivity contribution is 0.0755. The lowest BCUT2D eigenvalue weighted by atomic mass is 10.3. The highest BCUT2D eigenvalue weighted by atomic mass is 79.9. The van der Waals surface area contributed by atoms with Crippen LogP contribution in [0.3, 0.4) is 0 Å². The summed E-state index contributed by atoms with van der Waals surface area (Å²) >= 11 is 8.33. The first kappa shape index (κ1) is 11.6. The molecule has 0 N–H and O–H groups in total. The summed E-state index contributed by atoms with van der Waals surface area (Å²) < 4.78 is 1.01. The molecular formula is C10H11Br2NOS. The summed E-state index contributed by atoms with van der Waals surface area (Å²) in [5.41, 5.74) is 0.805. The van der Waals surface area contributed by atoms with E-state index in [1.807, 2.05) is 16.3 Å². The molecule has 1 saturated carbocycles. The Morgan fingerprint density at radius 3 is 2.80 bits per heavy atom. The van der Waals surface area contributed by atoms with Gasteiger partial charge >= 0.3 is 0 Å². The van der Waals surface area contributed by atoms with E-state index in [-0.39, 0.29) is 5.91 Å². The molecule has 0 bridgehead atoms. The Bertz CT molecular complexity index is 362. The summed E-state index contributed by atoms with van der Waals surface area (Å²) in [4.78, 5) is 14.1. The SMILES string of the molecule is O=C(c1csc(Br)c1)N(CCBr)C1CC1. The van der Waals surface area contributed by atoms with Gasteiger partial charge in [-0.3, -0.25) is 4.79 Å². The second-order valence-electron chi connectivity index (χ2n) is 3.56. The van der Waals surface area contributed by atoms with Crippen LogP contribution in [0, 0.1) is 0 Å². The van der Waals surface area contributed by atoms with Crippen LogP contribution in [-0.4, -0.2) is 28.7 Å². The second kappa shape index (κ2) is 4.97. The summed E-state index contributed by atoms with van der Waals surface area (Å²) in [6, 6.07) is 2.38. The fourth-order valence-corrected chi connectivity index (χ4v) is 3.03. The molecule has 1 aliphatic rings. The van der Waals surface area contributed by atoms with Crippen molar-refractivity contribution < 1.29 is 4.79 Å². The number of nitrogens with zero attached hydrogens (tertiary/aromatic N) is 1. The van der Waals surface area contributed by atoms with Crippen LogP contribution in [0.25, 0.3) is 0 Å². The molecular weight excluding hydrogens is 342 g/mol. The number of amides is 1. The van der Waals surface area contributed by atoms with Crippen LogP contribution in [0.2, 0.25) is 0 Å². The maximum absolute atomic E-state index is 12.1. The zero-order valence-electron chi connectivity index (χ0n) is 8.08. The van der Waals surface area contributed by atoms with Gasteiger partial charge in [0.15, 0.2) is 0 Å². The summed E-state index contributed by atoms with van der Waals surface area (Å²) in [7, 11) is 0. The summed E-state index contributed by atoms with van der Waals surface area (Å²) in [5, 5.41) is 2.76. The highest BCUT2D eigenvalue weighted by Crippen LogP contribution is 2.30. The average molecular weight is 353 g/mol. The van der Waals surface area contributed by atoms with Gasteiger partial charge in [0.25, 0.3) is 5.91 Å². The van der Waals surface area contributed by atoms with Crippen molar-refractivity contribution in [1.82, 2.24) is 4.90 Å². The normalized spacial score (nSPS) is 15.3. The third-order valence-electron chi connectivity index (χ3n) is 2.39. The Hall–Kier alpha value is 0.130. The highest BCUT2D eigenvalue weighted by molar-refractivity contribution is 9.11. The van der Waals surface area contributed by atoms with E-state index >= 15 is 0 Å². The number of hydrogen-bond donors (Lipinski definition) is 0. The van der Waals surface area contributed by atoms with Crippen LogP contribution in [0.4, 0.5) is 0 Å². The minimum atomic E-state index is 0.166. The monoisotopic (exact) mass is 351 g/mol.